The average Bonchev–Trinajstić information content (AvgIpc) is 2.70. The molecule has 0 saturated heterocycles. The zero-order chi connectivity index (χ0) is 12.3. The van der Waals surface area contributed by atoms with Gasteiger partial charge in [0.1, 0.15) is 6.10 Å². The van der Waals surface area contributed by atoms with Crippen LogP contribution in [0.3, 0.4) is 0 Å². The SMILES string of the molecule is CCn1nc(C)cc1CC(O)c1ccccn1. The number of aliphatic hydroxyl groups is 1. The van der Waals surface area contributed by atoms with Crippen LogP contribution < -0.4 is 0 Å². The maximum absolute atomic E-state index is 10.1. The second kappa shape index (κ2) is 5.10. The summed E-state index contributed by atoms with van der Waals surface area (Å²) in [5.41, 5.74) is 2.73. The highest BCUT2D eigenvalue weighted by Gasteiger charge is 2.13. The third-order valence-electron chi connectivity index (χ3n) is 2.72. The standard InChI is InChI=1S/C13H17N3O/c1-3-16-11(8-10(2)15-16)9-13(17)12-6-4-5-7-14-12/h4-8,13,17H,3,9H2,1-2H3. The van der Waals surface area contributed by atoms with Crippen molar-refractivity contribution >= 4 is 0 Å². The van der Waals surface area contributed by atoms with E-state index in [1.807, 2.05) is 42.8 Å². The topological polar surface area (TPSA) is 50.9 Å². The van der Waals surface area contributed by atoms with Crippen molar-refractivity contribution in [1.82, 2.24) is 14.8 Å². The summed E-state index contributed by atoms with van der Waals surface area (Å²) in [6.45, 7) is 4.82. The number of aromatic nitrogens is 3. The van der Waals surface area contributed by atoms with Crippen LogP contribution in [0.2, 0.25) is 0 Å². The lowest BCUT2D eigenvalue weighted by Crippen LogP contribution is -2.09. The van der Waals surface area contributed by atoms with E-state index in [-0.39, 0.29) is 0 Å². The van der Waals surface area contributed by atoms with Gasteiger partial charge in [0.15, 0.2) is 0 Å². The maximum atomic E-state index is 10.1. The van der Waals surface area contributed by atoms with Crippen LogP contribution >= 0.6 is 0 Å². The second-order valence-corrected chi connectivity index (χ2v) is 4.07. The quantitative estimate of drug-likeness (QED) is 0.874. The summed E-state index contributed by atoms with van der Waals surface area (Å²) in [5.74, 6) is 0. The molecule has 0 amide bonds. The highest BCUT2D eigenvalue weighted by atomic mass is 16.3. The van der Waals surface area contributed by atoms with E-state index in [1.54, 1.807) is 6.20 Å². The van der Waals surface area contributed by atoms with Crippen LogP contribution in [0.4, 0.5) is 0 Å². The van der Waals surface area contributed by atoms with Gasteiger partial charge in [-0.3, -0.25) is 9.67 Å². The number of hydrogen-bond donors (Lipinski definition) is 1. The van der Waals surface area contributed by atoms with Crippen molar-refractivity contribution in [2.24, 2.45) is 0 Å². The van der Waals surface area contributed by atoms with Crippen molar-refractivity contribution in [1.29, 1.82) is 0 Å². The summed E-state index contributed by atoms with van der Waals surface area (Å²) in [4.78, 5) is 4.16. The third kappa shape index (κ3) is 2.71. The first-order valence-electron chi connectivity index (χ1n) is 5.83. The van der Waals surface area contributed by atoms with Crippen molar-refractivity contribution in [3.63, 3.8) is 0 Å². The van der Waals surface area contributed by atoms with E-state index < -0.39 is 6.10 Å². The minimum atomic E-state index is -0.572. The molecule has 0 aliphatic carbocycles. The minimum Gasteiger partial charge on any atom is -0.386 e. The van der Waals surface area contributed by atoms with Gasteiger partial charge in [-0.2, -0.15) is 5.10 Å². The predicted molar refractivity (Wildman–Crippen MR) is 65.5 cm³/mol. The Kier molecular flexibility index (Phi) is 3.54. The number of pyridine rings is 1. The van der Waals surface area contributed by atoms with Crippen molar-refractivity contribution < 1.29 is 5.11 Å². The number of rotatable bonds is 4. The fourth-order valence-corrected chi connectivity index (χ4v) is 1.91. The van der Waals surface area contributed by atoms with Gasteiger partial charge in [-0.05, 0) is 32.0 Å². The number of aliphatic hydroxyl groups excluding tert-OH is 1. The van der Waals surface area contributed by atoms with Crippen molar-refractivity contribution in [2.45, 2.75) is 32.9 Å². The van der Waals surface area contributed by atoms with Crippen LogP contribution in [-0.4, -0.2) is 19.9 Å². The second-order valence-electron chi connectivity index (χ2n) is 4.07. The molecule has 2 aromatic rings. The summed E-state index contributed by atoms with van der Waals surface area (Å²) in [5, 5.41) is 14.5. The van der Waals surface area contributed by atoms with Gasteiger partial charge in [-0.1, -0.05) is 6.07 Å². The molecule has 0 fully saturated rings. The zero-order valence-electron chi connectivity index (χ0n) is 10.2. The number of hydrogen-bond acceptors (Lipinski definition) is 3. The Morgan fingerprint density at radius 3 is 2.88 bits per heavy atom. The molecule has 0 radical (unpaired) electrons. The fourth-order valence-electron chi connectivity index (χ4n) is 1.91. The van der Waals surface area contributed by atoms with Gasteiger partial charge in [-0.15, -0.1) is 0 Å². The molecular weight excluding hydrogens is 214 g/mol. The Balaban J connectivity index is 2.15. The monoisotopic (exact) mass is 231 g/mol. The molecule has 2 rings (SSSR count). The Morgan fingerprint density at radius 2 is 2.24 bits per heavy atom. The van der Waals surface area contributed by atoms with Crippen molar-refractivity contribution in [2.75, 3.05) is 0 Å². The van der Waals surface area contributed by atoms with E-state index in [0.717, 1.165) is 17.9 Å². The summed E-state index contributed by atoms with van der Waals surface area (Å²) < 4.78 is 1.92. The maximum Gasteiger partial charge on any atom is 0.101 e. The van der Waals surface area contributed by atoms with Gasteiger partial charge < -0.3 is 5.11 Å². The Bertz CT molecular complexity index is 479. The van der Waals surface area contributed by atoms with Gasteiger partial charge in [0.2, 0.25) is 0 Å². The van der Waals surface area contributed by atoms with Crippen LogP contribution in [0.15, 0.2) is 30.5 Å². The lowest BCUT2D eigenvalue weighted by atomic mass is 10.1. The molecule has 90 valence electrons. The minimum absolute atomic E-state index is 0.547. The average molecular weight is 231 g/mol. The van der Waals surface area contributed by atoms with Gasteiger partial charge in [-0.25, -0.2) is 0 Å². The van der Waals surface area contributed by atoms with E-state index in [2.05, 4.69) is 10.1 Å². The molecule has 0 aliphatic rings. The molecule has 0 aliphatic heterocycles. The Labute approximate surface area is 101 Å². The summed E-state index contributed by atoms with van der Waals surface area (Å²) in [7, 11) is 0. The van der Waals surface area contributed by atoms with Crippen LogP contribution in [-0.2, 0) is 13.0 Å². The lowest BCUT2D eigenvalue weighted by molar-refractivity contribution is 0.170. The fraction of sp³-hybridized carbons (Fsp3) is 0.385. The Morgan fingerprint density at radius 1 is 1.41 bits per heavy atom. The molecule has 2 heterocycles. The molecule has 2 aromatic heterocycles. The van der Waals surface area contributed by atoms with Crippen LogP contribution in [0, 0.1) is 6.92 Å². The molecule has 1 unspecified atom stereocenters. The van der Waals surface area contributed by atoms with Crippen molar-refractivity contribution in [3.8, 4) is 0 Å². The highest BCUT2D eigenvalue weighted by Crippen LogP contribution is 2.16. The van der Waals surface area contributed by atoms with E-state index in [0.29, 0.717) is 12.1 Å². The normalized spacial score (nSPS) is 12.6. The van der Waals surface area contributed by atoms with E-state index in [9.17, 15) is 5.11 Å². The number of nitrogens with zero attached hydrogens (tertiary/aromatic N) is 3. The molecule has 0 bridgehead atoms. The summed E-state index contributed by atoms with van der Waals surface area (Å²) in [6.07, 6.45) is 1.67. The smallest absolute Gasteiger partial charge is 0.101 e. The molecule has 0 spiro atoms. The van der Waals surface area contributed by atoms with E-state index in [4.69, 9.17) is 0 Å². The molecule has 4 nitrogen and oxygen atoms in total. The largest absolute Gasteiger partial charge is 0.386 e. The number of aryl methyl sites for hydroxylation is 2. The van der Waals surface area contributed by atoms with Crippen molar-refractivity contribution in [3.05, 3.63) is 47.5 Å². The lowest BCUT2D eigenvalue weighted by Gasteiger charge is -2.10. The van der Waals surface area contributed by atoms with Crippen LogP contribution in [0.1, 0.15) is 30.1 Å². The van der Waals surface area contributed by atoms with Crippen LogP contribution in [0.5, 0.6) is 0 Å². The van der Waals surface area contributed by atoms with Gasteiger partial charge in [0.25, 0.3) is 0 Å². The van der Waals surface area contributed by atoms with Gasteiger partial charge in [0.05, 0.1) is 11.4 Å². The molecule has 1 atom stereocenters. The van der Waals surface area contributed by atoms with Gasteiger partial charge >= 0.3 is 0 Å². The molecule has 17 heavy (non-hydrogen) atoms. The van der Waals surface area contributed by atoms with E-state index >= 15 is 0 Å². The first-order chi connectivity index (χ1) is 8.20. The Hall–Kier alpha value is -1.68. The first kappa shape index (κ1) is 11.8. The predicted octanol–water partition coefficient (Wildman–Crippen LogP) is 1.88. The van der Waals surface area contributed by atoms with Crippen LogP contribution in [0.25, 0.3) is 0 Å². The third-order valence-corrected chi connectivity index (χ3v) is 2.72. The zero-order valence-corrected chi connectivity index (χ0v) is 10.2. The van der Waals surface area contributed by atoms with E-state index in [1.165, 1.54) is 0 Å². The molecule has 1 N–H and O–H groups in total. The molecule has 0 saturated carbocycles. The molecular formula is C13H17N3O. The van der Waals surface area contributed by atoms with Gasteiger partial charge in [0, 0.05) is 24.9 Å². The summed E-state index contributed by atoms with van der Waals surface area (Å²) in [6, 6.07) is 7.57. The molecule has 4 heteroatoms. The summed E-state index contributed by atoms with van der Waals surface area (Å²) >= 11 is 0. The highest BCUT2D eigenvalue weighted by molar-refractivity contribution is 5.14. The first-order valence-corrected chi connectivity index (χ1v) is 5.83. The molecule has 0 aromatic carbocycles.